The summed E-state index contributed by atoms with van der Waals surface area (Å²) in [5.74, 6) is 0. The van der Waals surface area contributed by atoms with E-state index in [9.17, 15) is 0 Å². The second-order valence-corrected chi connectivity index (χ2v) is 4.75. The molecule has 1 unspecified atom stereocenters. The summed E-state index contributed by atoms with van der Waals surface area (Å²) in [5.41, 5.74) is 4.16. The van der Waals surface area contributed by atoms with Gasteiger partial charge in [-0.1, -0.05) is 6.92 Å². The molecule has 15 heavy (non-hydrogen) atoms. The van der Waals surface area contributed by atoms with Crippen LogP contribution in [0.4, 0.5) is 0 Å². The van der Waals surface area contributed by atoms with Gasteiger partial charge in [0.15, 0.2) is 0 Å². The Morgan fingerprint density at radius 3 is 2.87 bits per heavy atom. The predicted molar refractivity (Wildman–Crippen MR) is 66.5 cm³/mol. The third-order valence-electron chi connectivity index (χ3n) is 2.92. The third-order valence-corrected chi connectivity index (χ3v) is 4.19. The first-order valence-electron chi connectivity index (χ1n) is 5.25. The molecule has 2 nitrogen and oxygen atoms in total. The average Bonchev–Trinajstić information content (AvgIpc) is 2.60. The number of nitrogens with one attached hydrogen (secondary N) is 1. The fourth-order valence-corrected chi connectivity index (χ4v) is 2.95. The van der Waals surface area contributed by atoms with Crippen molar-refractivity contribution < 1.29 is 0 Å². The van der Waals surface area contributed by atoms with Gasteiger partial charge in [0, 0.05) is 11.1 Å². The number of rotatable bonds is 2. The first-order chi connectivity index (χ1) is 7.24. The van der Waals surface area contributed by atoms with Gasteiger partial charge in [0.05, 0.1) is 12.4 Å². The van der Waals surface area contributed by atoms with Crippen molar-refractivity contribution in [1.82, 2.24) is 5.32 Å². The zero-order chi connectivity index (χ0) is 10.8. The van der Waals surface area contributed by atoms with E-state index >= 15 is 0 Å². The van der Waals surface area contributed by atoms with E-state index in [4.69, 9.17) is 0 Å². The Bertz CT molecular complexity index is 415. The summed E-state index contributed by atoms with van der Waals surface area (Å²) in [5, 5.41) is 5.57. The highest BCUT2D eigenvalue weighted by atomic mass is 32.1. The van der Waals surface area contributed by atoms with Crippen molar-refractivity contribution in [3.63, 3.8) is 0 Å². The van der Waals surface area contributed by atoms with E-state index in [0.717, 1.165) is 6.42 Å². The van der Waals surface area contributed by atoms with E-state index in [1.54, 1.807) is 6.34 Å². The van der Waals surface area contributed by atoms with Crippen LogP contribution < -0.4 is 5.32 Å². The first-order valence-corrected chi connectivity index (χ1v) is 6.13. The second-order valence-electron chi connectivity index (χ2n) is 3.84. The second kappa shape index (κ2) is 4.19. The standard InChI is InChI=1S/C12H16N2S/c1-4-10-5-13-7-14-11(10)12-9(3)8(2)6-15-12/h5-7,11H,4H2,1-3H3,(H,13,14). The molecule has 1 aliphatic rings. The average molecular weight is 220 g/mol. The van der Waals surface area contributed by atoms with Crippen molar-refractivity contribution in [2.75, 3.05) is 0 Å². The van der Waals surface area contributed by atoms with Gasteiger partial charge >= 0.3 is 0 Å². The normalized spacial score (nSPS) is 19.9. The molecule has 1 aromatic heterocycles. The van der Waals surface area contributed by atoms with E-state index in [1.165, 1.54) is 21.6 Å². The highest BCUT2D eigenvalue weighted by molar-refractivity contribution is 7.10. The quantitative estimate of drug-likeness (QED) is 0.812. The Labute approximate surface area is 94.7 Å². The van der Waals surface area contributed by atoms with Crippen LogP contribution in [0.1, 0.15) is 35.4 Å². The molecule has 1 atom stereocenters. The molecule has 2 heterocycles. The third kappa shape index (κ3) is 1.84. The number of hydrogen-bond donors (Lipinski definition) is 1. The molecule has 0 spiro atoms. The molecule has 1 aliphatic heterocycles. The molecule has 0 radical (unpaired) electrons. The van der Waals surface area contributed by atoms with Gasteiger partial charge in [0.1, 0.15) is 0 Å². The highest BCUT2D eigenvalue weighted by Crippen LogP contribution is 2.33. The number of thiophene rings is 1. The molecule has 1 N–H and O–H groups in total. The van der Waals surface area contributed by atoms with Crippen LogP contribution in [-0.4, -0.2) is 6.34 Å². The van der Waals surface area contributed by atoms with Gasteiger partial charge in [-0.2, -0.15) is 0 Å². The molecule has 80 valence electrons. The monoisotopic (exact) mass is 220 g/mol. The minimum atomic E-state index is 0.339. The van der Waals surface area contributed by atoms with Crippen LogP contribution in [-0.2, 0) is 0 Å². The molecule has 0 bridgehead atoms. The van der Waals surface area contributed by atoms with Crippen molar-refractivity contribution in [1.29, 1.82) is 0 Å². The van der Waals surface area contributed by atoms with Crippen LogP contribution in [0.15, 0.2) is 22.1 Å². The van der Waals surface area contributed by atoms with Gasteiger partial charge in [-0.15, -0.1) is 11.3 Å². The van der Waals surface area contributed by atoms with Gasteiger partial charge in [0.25, 0.3) is 0 Å². The van der Waals surface area contributed by atoms with Crippen LogP contribution in [0.3, 0.4) is 0 Å². The summed E-state index contributed by atoms with van der Waals surface area (Å²) in [7, 11) is 0. The topological polar surface area (TPSA) is 24.4 Å². The van der Waals surface area contributed by atoms with E-state index < -0.39 is 0 Å². The molecule has 0 saturated carbocycles. The van der Waals surface area contributed by atoms with E-state index in [2.05, 4.69) is 36.5 Å². The fraction of sp³-hybridized carbons (Fsp3) is 0.417. The van der Waals surface area contributed by atoms with Gasteiger partial charge in [-0.3, -0.25) is 0 Å². The summed E-state index contributed by atoms with van der Waals surface area (Å²) in [6.07, 6.45) is 4.82. The molecular formula is C12H16N2S. The van der Waals surface area contributed by atoms with Crippen LogP contribution in [0.5, 0.6) is 0 Å². The summed E-state index contributed by atoms with van der Waals surface area (Å²) in [4.78, 5) is 5.57. The van der Waals surface area contributed by atoms with Crippen LogP contribution >= 0.6 is 11.3 Å². The lowest BCUT2D eigenvalue weighted by Crippen LogP contribution is -2.23. The molecule has 0 saturated heterocycles. The van der Waals surface area contributed by atoms with Crippen molar-refractivity contribution in [3.05, 3.63) is 33.2 Å². The zero-order valence-corrected chi connectivity index (χ0v) is 10.2. The molecule has 0 fully saturated rings. The Kier molecular flexibility index (Phi) is 2.91. The lowest BCUT2D eigenvalue weighted by Gasteiger charge is -2.21. The molecule has 0 aromatic carbocycles. The number of aryl methyl sites for hydroxylation is 1. The molecule has 1 aromatic rings. The predicted octanol–water partition coefficient (Wildman–Crippen LogP) is 3.33. The molecule has 3 heteroatoms. The molecule has 0 aliphatic carbocycles. The summed E-state index contributed by atoms with van der Waals surface area (Å²) in [6.45, 7) is 6.54. The summed E-state index contributed by atoms with van der Waals surface area (Å²) in [6, 6.07) is 0.339. The Balaban J connectivity index is 2.35. The lowest BCUT2D eigenvalue weighted by atomic mass is 10.00. The summed E-state index contributed by atoms with van der Waals surface area (Å²) < 4.78 is 0. The van der Waals surface area contributed by atoms with Gasteiger partial charge in [-0.05, 0) is 42.3 Å². The van der Waals surface area contributed by atoms with Gasteiger partial charge in [0.2, 0.25) is 0 Å². The van der Waals surface area contributed by atoms with Gasteiger partial charge in [-0.25, -0.2) is 4.99 Å². The number of hydrogen-bond acceptors (Lipinski definition) is 3. The Morgan fingerprint density at radius 1 is 1.47 bits per heavy atom. The SMILES string of the molecule is CCC1=CN=CNC1c1scc(C)c1C. The van der Waals surface area contributed by atoms with Crippen LogP contribution in [0.2, 0.25) is 0 Å². The minimum absolute atomic E-state index is 0.339. The molecule has 2 rings (SSSR count). The van der Waals surface area contributed by atoms with Crippen molar-refractivity contribution in [2.24, 2.45) is 4.99 Å². The van der Waals surface area contributed by atoms with E-state index in [0.29, 0.717) is 6.04 Å². The lowest BCUT2D eigenvalue weighted by molar-refractivity contribution is 0.718. The zero-order valence-electron chi connectivity index (χ0n) is 9.37. The maximum Gasteiger partial charge on any atom is 0.0886 e. The Hall–Kier alpha value is -1.09. The Morgan fingerprint density at radius 2 is 2.27 bits per heavy atom. The fourth-order valence-electron chi connectivity index (χ4n) is 1.78. The minimum Gasteiger partial charge on any atom is -0.365 e. The summed E-state index contributed by atoms with van der Waals surface area (Å²) >= 11 is 1.84. The van der Waals surface area contributed by atoms with Crippen molar-refractivity contribution in [2.45, 2.75) is 33.2 Å². The van der Waals surface area contributed by atoms with Crippen molar-refractivity contribution >= 4 is 17.7 Å². The van der Waals surface area contributed by atoms with Crippen molar-refractivity contribution in [3.8, 4) is 0 Å². The number of nitrogens with zero attached hydrogens (tertiary/aromatic N) is 1. The number of aliphatic imine (C=N–C) groups is 1. The van der Waals surface area contributed by atoms with E-state index in [-0.39, 0.29) is 0 Å². The largest absolute Gasteiger partial charge is 0.365 e. The van der Waals surface area contributed by atoms with E-state index in [1.807, 2.05) is 17.5 Å². The highest BCUT2D eigenvalue weighted by Gasteiger charge is 2.20. The van der Waals surface area contributed by atoms with Crippen LogP contribution in [0.25, 0.3) is 0 Å². The molecule has 0 amide bonds. The van der Waals surface area contributed by atoms with Gasteiger partial charge < -0.3 is 5.32 Å². The van der Waals surface area contributed by atoms with Crippen LogP contribution in [0, 0.1) is 13.8 Å². The smallest absolute Gasteiger partial charge is 0.0886 e. The first kappa shape index (κ1) is 10.4. The maximum atomic E-state index is 4.15. The maximum absolute atomic E-state index is 4.15. The molecular weight excluding hydrogens is 204 g/mol.